The van der Waals surface area contributed by atoms with Crippen LogP contribution in [-0.4, -0.2) is 63.7 Å². The standard InChI is InChI=1S/C15H20N2O6S/c1-23-9-7-16-24(21,22)13-4-2-11(3-5-13)14(18)17-8-6-12(10-17)15(19)20/h2-5,12,16H,6-10H2,1H3,(H,19,20). The lowest BCUT2D eigenvalue weighted by atomic mass is 10.1. The van der Waals surface area contributed by atoms with Crippen molar-refractivity contribution in [1.82, 2.24) is 9.62 Å². The molecule has 24 heavy (non-hydrogen) atoms. The van der Waals surface area contributed by atoms with Crippen molar-refractivity contribution in [3.63, 3.8) is 0 Å². The van der Waals surface area contributed by atoms with Gasteiger partial charge in [0.1, 0.15) is 0 Å². The fraction of sp³-hybridized carbons (Fsp3) is 0.467. The van der Waals surface area contributed by atoms with Gasteiger partial charge < -0.3 is 14.7 Å². The Kier molecular flexibility index (Phi) is 5.92. The smallest absolute Gasteiger partial charge is 0.308 e. The molecule has 0 saturated carbocycles. The Morgan fingerprint density at radius 1 is 1.33 bits per heavy atom. The molecule has 1 amide bonds. The highest BCUT2D eigenvalue weighted by molar-refractivity contribution is 7.89. The van der Waals surface area contributed by atoms with Gasteiger partial charge in [-0.15, -0.1) is 0 Å². The first-order valence-corrected chi connectivity index (χ1v) is 8.94. The summed E-state index contributed by atoms with van der Waals surface area (Å²) < 4.78 is 31.2. The van der Waals surface area contributed by atoms with Crippen molar-refractivity contribution >= 4 is 21.9 Å². The molecule has 1 unspecified atom stereocenters. The van der Waals surface area contributed by atoms with E-state index in [9.17, 15) is 18.0 Å². The molecule has 2 N–H and O–H groups in total. The van der Waals surface area contributed by atoms with E-state index in [2.05, 4.69) is 4.72 Å². The average Bonchev–Trinajstić information content (AvgIpc) is 3.05. The van der Waals surface area contributed by atoms with Crippen LogP contribution in [0.4, 0.5) is 0 Å². The zero-order valence-corrected chi connectivity index (χ0v) is 14.1. The minimum absolute atomic E-state index is 0.0555. The highest BCUT2D eigenvalue weighted by Crippen LogP contribution is 2.19. The van der Waals surface area contributed by atoms with Gasteiger partial charge in [-0.25, -0.2) is 13.1 Å². The molecule has 0 radical (unpaired) electrons. The van der Waals surface area contributed by atoms with Crippen LogP contribution in [0, 0.1) is 5.92 Å². The molecule has 0 aromatic heterocycles. The van der Waals surface area contributed by atoms with Crippen LogP contribution in [0.3, 0.4) is 0 Å². The third-order valence-corrected chi connectivity index (χ3v) is 5.31. The maximum atomic E-state index is 12.3. The second kappa shape index (κ2) is 7.73. The van der Waals surface area contributed by atoms with Crippen LogP contribution in [0.5, 0.6) is 0 Å². The molecule has 0 bridgehead atoms. The number of methoxy groups -OCH3 is 1. The molecule has 1 saturated heterocycles. The van der Waals surface area contributed by atoms with Gasteiger partial charge in [0, 0.05) is 32.3 Å². The summed E-state index contributed by atoms with van der Waals surface area (Å²) in [4.78, 5) is 24.8. The predicted molar refractivity (Wildman–Crippen MR) is 85.2 cm³/mol. The summed E-state index contributed by atoms with van der Waals surface area (Å²) in [7, 11) is -2.17. The van der Waals surface area contributed by atoms with Crippen LogP contribution in [0.1, 0.15) is 16.8 Å². The van der Waals surface area contributed by atoms with Crippen LogP contribution in [-0.2, 0) is 19.6 Å². The van der Waals surface area contributed by atoms with Crippen LogP contribution in [0.25, 0.3) is 0 Å². The number of likely N-dealkylation sites (tertiary alicyclic amines) is 1. The van der Waals surface area contributed by atoms with E-state index in [1.165, 1.54) is 36.3 Å². The van der Waals surface area contributed by atoms with Gasteiger partial charge in [0.2, 0.25) is 10.0 Å². The minimum atomic E-state index is -3.65. The van der Waals surface area contributed by atoms with Gasteiger partial charge in [0.05, 0.1) is 17.4 Å². The lowest BCUT2D eigenvalue weighted by molar-refractivity contribution is -0.141. The van der Waals surface area contributed by atoms with Gasteiger partial charge in [0.25, 0.3) is 5.91 Å². The molecule has 1 fully saturated rings. The van der Waals surface area contributed by atoms with Crippen LogP contribution in [0.2, 0.25) is 0 Å². The van der Waals surface area contributed by atoms with E-state index in [0.717, 1.165) is 0 Å². The quantitative estimate of drug-likeness (QED) is 0.673. The molecule has 1 aromatic rings. The third kappa shape index (κ3) is 4.31. The highest BCUT2D eigenvalue weighted by Gasteiger charge is 2.31. The van der Waals surface area contributed by atoms with Crippen LogP contribution >= 0.6 is 0 Å². The van der Waals surface area contributed by atoms with E-state index >= 15 is 0 Å². The van der Waals surface area contributed by atoms with Crippen molar-refractivity contribution < 1.29 is 27.9 Å². The molecule has 2 rings (SSSR count). The molecule has 9 heteroatoms. The molecule has 1 aliphatic heterocycles. The number of carbonyl (C=O) groups excluding carboxylic acids is 1. The molecule has 132 valence electrons. The molecule has 1 aliphatic rings. The predicted octanol–water partition coefficient (Wildman–Crippen LogP) is 0.158. The monoisotopic (exact) mass is 356 g/mol. The Balaban J connectivity index is 2.04. The molecular formula is C15H20N2O6S. The highest BCUT2D eigenvalue weighted by atomic mass is 32.2. The van der Waals surface area contributed by atoms with E-state index in [1.807, 2.05) is 0 Å². The maximum absolute atomic E-state index is 12.3. The zero-order chi connectivity index (χ0) is 17.7. The number of benzene rings is 1. The average molecular weight is 356 g/mol. The SMILES string of the molecule is COCCNS(=O)(=O)c1ccc(C(=O)N2CCC(C(=O)O)C2)cc1. The Morgan fingerprint density at radius 2 is 2.00 bits per heavy atom. The number of amides is 1. The first-order chi connectivity index (χ1) is 11.3. The molecule has 1 atom stereocenters. The number of carbonyl (C=O) groups is 2. The first-order valence-electron chi connectivity index (χ1n) is 7.46. The van der Waals surface area contributed by atoms with Crippen LogP contribution < -0.4 is 4.72 Å². The third-order valence-electron chi connectivity index (χ3n) is 3.83. The van der Waals surface area contributed by atoms with E-state index in [0.29, 0.717) is 18.5 Å². The largest absolute Gasteiger partial charge is 0.481 e. The number of carboxylic acids is 1. The van der Waals surface area contributed by atoms with E-state index in [4.69, 9.17) is 9.84 Å². The van der Waals surface area contributed by atoms with E-state index in [-0.39, 0.29) is 30.5 Å². The fourth-order valence-corrected chi connectivity index (χ4v) is 3.48. The van der Waals surface area contributed by atoms with Gasteiger partial charge in [-0.3, -0.25) is 9.59 Å². The summed E-state index contributed by atoms with van der Waals surface area (Å²) in [6, 6.07) is 5.57. The van der Waals surface area contributed by atoms with E-state index < -0.39 is 21.9 Å². The molecule has 0 spiro atoms. The number of hydrogen-bond acceptors (Lipinski definition) is 5. The van der Waals surface area contributed by atoms with Crippen molar-refractivity contribution in [3.8, 4) is 0 Å². The van der Waals surface area contributed by atoms with Gasteiger partial charge in [-0.05, 0) is 30.7 Å². The fourth-order valence-electron chi connectivity index (χ4n) is 2.47. The Hall–Kier alpha value is -1.97. The minimum Gasteiger partial charge on any atom is -0.481 e. The Labute approximate surface area is 140 Å². The summed E-state index contributed by atoms with van der Waals surface area (Å²) in [6.07, 6.45) is 0.428. The van der Waals surface area contributed by atoms with E-state index in [1.54, 1.807) is 0 Å². The number of hydrogen-bond donors (Lipinski definition) is 2. The summed E-state index contributed by atoms with van der Waals surface area (Å²) in [6.45, 7) is 0.973. The van der Waals surface area contributed by atoms with Crippen molar-refractivity contribution in [2.75, 3.05) is 33.4 Å². The summed E-state index contributed by atoms with van der Waals surface area (Å²) in [5.41, 5.74) is 0.330. The number of ether oxygens (including phenoxy) is 1. The number of nitrogens with zero attached hydrogens (tertiary/aromatic N) is 1. The zero-order valence-electron chi connectivity index (χ0n) is 13.3. The number of aliphatic carboxylic acids is 1. The Bertz CT molecular complexity index is 701. The topological polar surface area (TPSA) is 113 Å². The number of rotatable bonds is 7. The second-order valence-electron chi connectivity index (χ2n) is 5.49. The van der Waals surface area contributed by atoms with Crippen molar-refractivity contribution in [1.29, 1.82) is 0 Å². The van der Waals surface area contributed by atoms with Gasteiger partial charge in [-0.2, -0.15) is 0 Å². The molecule has 8 nitrogen and oxygen atoms in total. The number of carboxylic acid groups (broad SMARTS) is 1. The normalized spacial score (nSPS) is 17.9. The van der Waals surface area contributed by atoms with Crippen molar-refractivity contribution in [2.45, 2.75) is 11.3 Å². The van der Waals surface area contributed by atoms with Crippen LogP contribution in [0.15, 0.2) is 29.2 Å². The maximum Gasteiger partial charge on any atom is 0.308 e. The van der Waals surface area contributed by atoms with Gasteiger partial charge in [0.15, 0.2) is 0 Å². The summed E-state index contributed by atoms with van der Waals surface area (Å²) >= 11 is 0. The molecule has 1 aromatic carbocycles. The number of sulfonamides is 1. The van der Waals surface area contributed by atoms with Crippen molar-refractivity contribution in [3.05, 3.63) is 29.8 Å². The van der Waals surface area contributed by atoms with Gasteiger partial charge >= 0.3 is 5.97 Å². The van der Waals surface area contributed by atoms with Crippen molar-refractivity contribution in [2.24, 2.45) is 5.92 Å². The lowest BCUT2D eigenvalue weighted by Gasteiger charge is -2.16. The summed E-state index contributed by atoms with van der Waals surface area (Å²) in [5.74, 6) is -1.75. The summed E-state index contributed by atoms with van der Waals surface area (Å²) in [5, 5.41) is 8.98. The number of nitrogens with one attached hydrogen (secondary N) is 1. The second-order valence-corrected chi connectivity index (χ2v) is 7.26. The molecular weight excluding hydrogens is 336 g/mol. The molecule has 1 heterocycles. The van der Waals surface area contributed by atoms with Gasteiger partial charge in [-0.1, -0.05) is 0 Å². The first kappa shape index (κ1) is 18.4. The molecule has 0 aliphatic carbocycles. The Morgan fingerprint density at radius 3 is 2.54 bits per heavy atom. The lowest BCUT2D eigenvalue weighted by Crippen LogP contribution is -2.30.